The Kier molecular flexibility index (Phi) is 7.58. The fourth-order valence-corrected chi connectivity index (χ4v) is 3.38. The second-order valence-corrected chi connectivity index (χ2v) is 7.01. The molecule has 1 heterocycles. The van der Waals surface area contributed by atoms with E-state index in [0.29, 0.717) is 0 Å². The first kappa shape index (κ1) is 20.8. The summed E-state index contributed by atoms with van der Waals surface area (Å²) < 4.78 is 0. The number of amides is 1. The molecule has 0 spiro atoms. The van der Waals surface area contributed by atoms with E-state index >= 15 is 0 Å². The highest BCUT2D eigenvalue weighted by molar-refractivity contribution is 5.90. The molecule has 0 radical (unpaired) electrons. The summed E-state index contributed by atoms with van der Waals surface area (Å²) in [5, 5.41) is 19.0. The molecule has 3 rings (SSSR count). The van der Waals surface area contributed by atoms with E-state index in [9.17, 15) is 9.90 Å². The van der Waals surface area contributed by atoms with E-state index < -0.39 is 5.91 Å². The van der Waals surface area contributed by atoms with Gasteiger partial charge in [0.1, 0.15) is 0 Å². The third-order valence-electron chi connectivity index (χ3n) is 4.93. The number of carbonyl (C=O) groups excluding carboxylic acids is 1. The lowest BCUT2D eigenvalue weighted by Gasteiger charge is -2.22. The Bertz CT molecular complexity index is 947. The number of hydrogen-bond acceptors (Lipinski definition) is 4. The third kappa shape index (κ3) is 6.02. The molecule has 0 unspecified atom stereocenters. The van der Waals surface area contributed by atoms with E-state index in [1.807, 2.05) is 30.3 Å². The van der Waals surface area contributed by atoms with Crippen LogP contribution in [0.3, 0.4) is 0 Å². The highest BCUT2D eigenvalue weighted by Crippen LogP contribution is 2.19. The van der Waals surface area contributed by atoms with Gasteiger partial charge in [-0.15, -0.1) is 0 Å². The van der Waals surface area contributed by atoms with Crippen molar-refractivity contribution in [2.24, 2.45) is 0 Å². The van der Waals surface area contributed by atoms with E-state index in [4.69, 9.17) is 5.21 Å². The van der Waals surface area contributed by atoms with Gasteiger partial charge in [0.15, 0.2) is 0 Å². The van der Waals surface area contributed by atoms with Crippen LogP contribution >= 0.6 is 0 Å². The summed E-state index contributed by atoms with van der Waals surface area (Å²) in [4.78, 5) is 16.7. The molecule has 6 heteroatoms. The number of nitrogens with zero attached hydrogens (tertiary/aromatic N) is 1. The van der Waals surface area contributed by atoms with E-state index in [1.54, 1.807) is 11.6 Å². The zero-order valence-electron chi connectivity index (χ0n) is 16.3. The van der Waals surface area contributed by atoms with Crippen molar-refractivity contribution in [3.63, 3.8) is 0 Å². The van der Waals surface area contributed by atoms with E-state index in [-0.39, 0.29) is 6.61 Å². The van der Waals surface area contributed by atoms with Crippen LogP contribution in [0.5, 0.6) is 0 Å². The summed E-state index contributed by atoms with van der Waals surface area (Å²) in [6.07, 6.45) is 6.69. The van der Waals surface area contributed by atoms with E-state index in [2.05, 4.69) is 34.3 Å². The van der Waals surface area contributed by atoms with Gasteiger partial charge in [0.25, 0.3) is 5.91 Å². The van der Waals surface area contributed by atoms with Crippen LogP contribution in [0.4, 0.5) is 0 Å². The maximum Gasteiger partial charge on any atom is 0.267 e. The number of H-pyrrole nitrogens is 1. The minimum atomic E-state index is -0.554. The molecular weight excluding hydrogens is 366 g/mol. The molecule has 3 aromatic rings. The topological polar surface area (TPSA) is 88.6 Å². The van der Waals surface area contributed by atoms with Crippen LogP contribution in [0, 0.1) is 0 Å². The van der Waals surface area contributed by atoms with Gasteiger partial charge in [-0.2, -0.15) is 0 Å². The first-order valence-electron chi connectivity index (χ1n) is 9.79. The summed E-state index contributed by atoms with van der Waals surface area (Å²) >= 11 is 0. The molecule has 29 heavy (non-hydrogen) atoms. The van der Waals surface area contributed by atoms with Crippen LogP contribution in [0.25, 0.3) is 17.0 Å². The molecule has 152 valence electrons. The molecule has 0 saturated heterocycles. The standard InChI is InChI=1S/C23H27N3O3/c27-15-3-13-26(14-12-20-16-24-22-5-2-1-4-21(20)22)17-19-8-6-18(7-9-19)10-11-23(28)25-29/h1-2,4-11,16,24,27,29H,3,12-15,17H2,(H,25,28). The van der Waals surface area contributed by atoms with Crippen LogP contribution in [0.15, 0.2) is 60.8 Å². The monoisotopic (exact) mass is 393 g/mol. The third-order valence-corrected chi connectivity index (χ3v) is 4.93. The maximum absolute atomic E-state index is 11.1. The van der Waals surface area contributed by atoms with Crippen LogP contribution < -0.4 is 5.48 Å². The predicted octanol–water partition coefficient (Wildman–Crippen LogP) is 3.11. The number of aromatic nitrogens is 1. The molecule has 0 fully saturated rings. The van der Waals surface area contributed by atoms with Gasteiger partial charge in [-0.25, -0.2) is 5.48 Å². The molecule has 1 aromatic heterocycles. The van der Waals surface area contributed by atoms with Gasteiger partial charge in [0.05, 0.1) is 0 Å². The van der Waals surface area contributed by atoms with Gasteiger partial charge in [-0.1, -0.05) is 42.5 Å². The lowest BCUT2D eigenvalue weighted by atomic mass is 10.1. The Labute approximate surface area is 170 Å². The molecule has 0 saturated carbocycles. The average molecular weight is 393 g/mol. The smallest absolute Gasteiger partial charge is 0.267 e. The number of hydroxylamine groups is 1. The predicted molar refractivity (Wildman–Crippen MR) is 114 cm³/mol. The average Bonchev–Trinajstić information content (AvgIpc) is 3.18. The van der Waals surface area contributed by atoms with Crippen molar-refractivity contribution in [2.75, 3.05) is 19.7 Å². The van der Waals surface area contributed by atoms with Crippen LogP contribution in [-0.4, -0.2) is 45.8 Å². The number of aliphatic hydroxyl groups is 1. The Morgan fingerprint density at radius 2 is 1.90 bits per heavy atom. The van der Waals surface area contributed by atoms with Gasteiger partial charge >= 0.3 is 0 Å². The fourth-order valence-electron chi connectivity index (χ4n) is 3.38. The summed E-state index contributed by atoms with van der Waals surface area (Å²) in [7, 11) is 0. The highest BCUT2D eigenvalue weighted by Gasteiger charge is 2.09. The van der Waals surface area contributed by atoms with Crippen molar-refractivity contribution >= 4 is 22.9 Å². The van der Waals surface area contributed by atoms with Crippen molar-refractivity contribution in [3.05, 3.63) is 77.5 Å². The molecule has 0 aliphatic rings. The first-order valence-corrected chi connectivity index (χ1v) is 9.79. The minimum Gasteiger partial charge on any atom is -0.396 e. The molecule has 0 aliphatic heterocycles. The van der Waals surface area contributed by atoms with Crippen LogP contribution in [-0.2, 0) is 17.8 Å². The molecule has 0 atom stereocenters. The van der Waals surface area contributed by atoms with Gasteiger partial charge < -0.3 is 10.1 Å². The molecular formula is C23H27N3O3. The molecule has 4 N–H and O–H groups in total. The zero-order valence-corrected chi connectivity index (χ0v) is 16.3. The normalized spacial score (nSPS) is 11.6. The number of aliphatic hydroxyl groups excluding tert-OH is 1. The number of fused-ring (bicyclic) bond motifs is 1. The highest BCUT2D eigenvalue weighted by atomic mass is 16.5. The fraction of sp³-hybridized carbons (Fsp3) is 0.261. The number of hydrogen-bond donors (Lipinski definition) is 4. The van der Waals surface area contributed by atoms with Crippen molar-refractivity contribution in [3.8, 4) is 0 Å². The summed E-state index contributed by atoms with van der Waals surface area (Å²) in [6, 6.07) is 16.3. The van der Waals surface area contributed by atoms with E-state index in [1.165, 1.54) is 22.6 Å². The van der Waals surface area contributed by atoms with Crippen LogP contribution in [0.1, 0.15) is 23.1 Å². The number of aromatic amines is 1. The largest absolute Gasteiger partial charge is 0.396 e. The van der Waals surface area contributed by atoms with Gasteiger partial charge in [-0.05, 0) is 41.7 Å². The Hall–Kier alpha value is -2.93. The number of para-hydroxylation sites is 1. The second kappa shape index (κ2) is 10.6. The van der Waals surface area contributed by atoms with Gasteiger partial charge in [-0.3, -0.25) is 14.9 Å². The van der Waals surface area contributed by atoms with Crippen molar-refractivity contribution in [1.29, 1.82) is 0 Å². The lowest BCUT2D eigenvalue weighted by molar-refractivity contribution is -0.124. The summed E-state index contributed by atoms with van der Waals surface area (Å²) in [5.41, 5.74) is 6.09. The van der Waals surface area contributed by atoms with Gasteiger partial charge in [0.2, 0.25) is 0 Å². The minimum absolute atomic E-state index is 0.181. The number of benzene rings is 2. The number of nitrogens with one attached hydrogen (secondary N) is 2. The molecule has 0 aliphatic carbocycles. The quantitative estimate of drug-likeness (QED) is 0.242. The second-order valence-electron chi connectivity index (χ2n) is 7.01. The first-order chi connectivity index (χ1) is 14.2. The van der Waals surface area contributed by atoms with Crippen molar-refractivity contribution < 1.29 is 15.1 Å². The number of carbonyl (C=O) groups is 1. The van der Waals surface area contributed by atoms with Gasteiger partial charge in [0, 0.05) is 49.4 Å². The van der Waals surface area contributed by atoms with E-state index in [0.717, 1.165) is 43.6 Å². The summed E-state index contributed by atoms with van der Waals surface area (Å²) in [6.45, 7) is 2.71. The van der Waals surface area contributed by atoms with Crippen LogP contribution in [0.2, 0.25) is 0 Å². The van der Waals surface area contributed by atoms with Crippen molar-refractivity contribution in [2.45, 2.75) is 19.4 Å². The number of rotatable bonds is 10. The Balaban J connectivity index is 1.62. The Morgan fingerprint density at radius 1 is 1.10 bits per heavy atom. The molecule has 2 aromatic carbocycles. The SMILES string of the molecule is O=C(C=Cc1ccc(CN(CCCO)CCc2c[nH]c3ccccc23)cc1)NO. The zero-order chi connectivity index (χ0) is 20.5. The maximum atomic E-state index is 11.1. The molecule has 1 amide bonds. The molecule has 0 bridgehead atoms. The Morgan fingerprint density at radius 3 is 2.66 bits per heavy atom. The molecule has 6 nitrogen and oxygen atoms in total. The summed E-state index contributed by atoms with van der Waals surface area (Å²) in [5.74, 6) is -0.554. The lowest BCUT2D eigenvalue weighted by Crippen LogP contribution is -2.27. The van der Waals surface area contributed by atoms with Crippen molar-refractivity contribution in [1.82, 2.24) is 15.4 Å².